The Hall–Kier alpha value is -1.85. The molecule has 0 N–H and O–H groups in total. The van der Waals surface area contributed by atoms with Crippen molar-refractivity contribution in [1.29, 1.82) is 0 Å². The molecule has 0 fully saturated rings. The van der Waals surface area contributed by atoms with Gasteiger partial charge in [-0.2, -0.15) is 13.2 Å². The predicted molar refractivity (Wildman–Crippen MR) is 60.3 cm³/mol. The van der Waals surface area contributed by atoms with Crippen molar-refractivity contribution in [2.45, 2.75) is 20.0 Å². The van der Waals surface area contributed by atoms with Crippen LogP contribution in [0.4, 0.5) is 13.2 Å². The number of aryl methyl sites for hydroxylation is 2. The molecule has 1 atom stereocenters. The monoisotopic (exact) mass is 272 g/mol. The summed E-state index contributed by atoms with van der Waals surface area (Å²) in [7, 11) is 0. The van der Waals surface area contributed by atoms with E-state index in [0.29, 0.717) is 5.56 Å². The quantitative estimate of drug-likeness (QED) is 0.738. The van der Waals surface area contributed by atoms with Crippen LogP contribution in [0.2, 0.25) is 0 Å². The number of carbonyl (C=O) groups excluding carboxylic acids is 2. The van der Waals surface area contributed by atoms with Crippen molar-refractivity contribution in [2.75, 3.05) is 6.61 Å². The molecule has 1 unspecified atom stereocenters. The topological polar surface area (TPSA) is 43.4 Å². The molecule has 0 aliphatic carbocycles. The smallest absolute Gasteiger partial charge is 0.450 e. The fourth-order valence-electron chi connectivity index (χ4n) is 2.17. The molecule has 0 radical (unpaired) electrons. The summed E-state index contributed by atoms with van der Waals surface area (Å²) in [6.45, 7) is 2.83. The van der Waals surface area contributed by atoms with E-state index in [9.17, 15) is 22.8 Å². The summed E-state index contributed by atoms with van der Waals surface area (Å²) in [4.78, 5) is 23.2. The van der Waals surface area contributed by atoms with Gasteiger partial charge >= 0.3 is 6.18 Å². The molecule has 1 aliphatic heterocycles. The number of alkyl halides is 3. The third kappa shape index (κ3) is 2.34. The lowest BCUT2D eigenvalue weighted by Gasteiger charge is -2.25. The number of hydrogen-bond acceptors (Lipinski definition) is 3. The molecular formula is C13H11F3O3. The summed E-state index contributed by atoms with van der Waals surface area (Å²) >= 11 is 0. The molecule has 0 aromatic heterocycles. The molecule has 102 valence electrons. The Balaban J connectivity index is 2.43. The van der Waals surface area contributed by atoms with Crippen LogP contribution in [0.15, 0.2) is 12.1 Å². The fourth-order valence-corrected chi connectivity index (χ4v) is 2.17. The maximum Gasteiger partial charge on any atom is 0.450 e. The van der Waals surface area contributed by atoms with Gasteiger partial charge in [-0.15, -0.1) is 0 Å². The summed E-state index contributed by atoms with van der Waals surface area (Å²) < 4.78 is 42.3. The van der Waals surface area contributed by atoms with Crippen LogP contribution < -0.4 is 4.74 Å². The first kappa shape index (κ1) is 13.6. The second-order valence-electron chi connectivity index (χ2n) is 4.54. The average molecular weight is 272 g/mol. The normalized spacial score (nSPS) is 18.8. The third-order valence-electron chi connectivity index (χ3n) is 3.01. The Morgan fingerprint density at radius 3 is 2.53 bits per heavy atom. The van der Waals surface area contributed by atoms with Crippen LogP contribution in [0.3, 0.4) is 0 Å². The molecule has 1 aromatic rings. The van der Waals surface area contributed by atoms with E-state index in [1.165, 1.54) is 0 Å². The van der Waals surface area contributed by atoms with E-state index in [4.69, 9.17) is 4.74 Å². The van der Waals surface area contributed by atoms with E-state index in [1.807, 2.05) is 0 Å². The molecule has 1 aromatic carbocycles. The summed E-state index contributed by atoms with van der Waals surface area (Å²) in [6.07, 6.45) is -5.03. The number of carbonyl (C=O) groups is 2. The summed E-state index contributed by atoms with van der Waals surface area (Å²) in [5, 5.41) is 0. The molecule has 0 saturated carbocycles. The lowest BCUT2D eigenvalue weighted by atomic mass is 9.88. The van der Waals surface area contributed by atoms with E-state index in [0.717, 1.165) is 5.56 Å². The molecule has 19 heavy (non-hydrogen) atoms. The number of ether oxygens (including phenoxy) is 1. The first-order valence-electron chi connectivity index (χ1n) is 5.61. The SMILES string of the molecule is Cc1cc(C)c2c(c1)OCC(C(=O)C(F)(F)F)C2=O. The zero-order valence-corrected chi connectivity index (χ0v) is 10.3. The van der Waals surface area contributed by atoms with Crippen LogP contribution in [-0.4, -0.2) is 24.3 Å². The van der Waals surface area contributed by atoms with Crippen molar-refractivity contribution in [3.63, 3.8) is 0 Å². The van der Waals surface area contributed by atoms with Crippen molar-refractivity contribution in [3.05, 3.63) is 28.8 Å². The first-order valence-corrected chi connectivity index (χ1v) is 5.61. The Bertz CT molecular complexity index is 561. The van der Waals surface area contributed by atoms with E-state index >= 15 is 0 Å². The van der Waals surface area contributed by atoms with Gasteiger partial charge in [0.1, 0.15) is 18.3 Å². The number of halogens is 3. The zero-order chi connectivity index (χ0) is 14.4. The molecular weight excluding hydrogens is 261 g/mol. The van der Waals surface area contributed by atoms with Gasteiger partial charge in [-0.05, 0) is 31.0 Å². The lowest BCUT2D eigenvalue weighted by Crippen LogP contribution is -2.41. The predicted octanol–water partition coefficient (Wildman–Crippen LogP) is 2.63. The Morgan fingerprint density at radius 2 is 1.95 bits per heavy atom. The highest BCUT2D eigenvalue weighted by atomic mass is 19.4. The number of rotatable bonds is 1. The molecule has 1 heterocycles. The van der Waals surface area contributed by atoms with Crippen molar-refractivity contribution in [3.8, 4) is 5.75 Å². The standard InChI is InChI=1S/C13H11F3O3/c1-6-3-7(2)10-9(4-6)19-5-8(11(10)17)12(18)13(14,15)16/h3-4,8H,5H2,1-2H3. The zero-order valence-electron chi connectivity index (χ0n) is 10.3. The number of ketones is 2. The number of Topliss-reactive ketones (excluding diaryl/α,β-unsaturated/α-hetero) is 2. The van der Waals surface area contributed by atoms with Crippen LogP contribution in [0.25, 0.3) is 0 Å². The highest BCUT2D eigenvalue weighted by Crippen LogP contribution is 2.34. The Labute approximate surface area is 107 Å². The summed E-state index contributed by atoms with van der Waals surface area (Å²) in [6, 6.07) is 3.25. The van der Waals surface area contributed by atoms with Crippen LogP contribution in [0, 0.1) is 19.8 Å². The van der Waals surface area contributed by atoms with Gasteiger partial charge in [0, 0.05) is 0 Å². The first-order chi connectivity index (χ1) is 8.71. The van der Waals surface area contributed by atoms with Gasteiger partial charge < -0.3 is 4.74 Å². The number of fused-ring (bicyclic) bond motifs is 1. The van der Waals surface area contributed by atoms with Crippen LogP contribution >= 0.6 is 0 Å². The third-order valence-corrected chi connectivity index (χ3v) is 3.01. The lowest BCUT2D eigenvalue weighted by molar-refractivity contribution is -0.174. The van der Waals surface area contributed by atoms with Gasteiger partial charge in [0.15, 0.2) is 5.78 Å². The van der Waals surface area contributed by atoms with Crippen LogP contribution in [0.1, 0.15) is 21.5 Å². The van der Waals surface area contributed by atoms with E-state index in [-0.39, 0.29) is 11.3 Å². The average Bonchev–Trinajstić information content (AvgIpc) is 2.26. The fraction of sp³-hybridized carbons (Fsp3) is 0.385. The van der Waals surface area contributed by atoms with E-state index in [1.54, 1.807) is 26.0 Å². The molecule has 2 rings (SSSR count). The molecule has 0 bridgehead atoms. The minimum absolute atomic E-state index is 0.0689. The molecule has 0 amide bonds. The molecule has 0 spiro atoms. The van der Waals surface area contributed by atoms with E-state index in [2.05, 4.69) is 0 Å². The van der Waals surface area contributed by atoms with Crippen molar-refractivity contribution < 1.29 is 27.5 Å². The van der Waals surface area contributed by atoms with Gasteiger partial charge in [-0.3, -0.25) is 9.59 Å². The van der Waals surface area contributed by atoms with Gasteiger partial charge in [0.2, 0.25) is 0 Å². The Morgan fingerprint density at radius 1 is 1.32 bits per heavy atom. The Kier molecular flexibility index (Phi) is 3.12. The van der Waals surface area contributed by atoms with Gasteiger partial charge in [-0.25, -0.2) is 0 Å². The summed E-state index contributed by atoms with van der Waals surface area (Å²) in [5.74, 6) is -4.42. The van der Waals surface area contributed by atoms with Crippen molar-refractivity contribution in [1.82, 2.24) is 0 Å². The minimum atomic E-state index is -5.03. The van der Waals surface area contributed by atoms with Crippen molar-refractivity contribution >= 4 is 11.6 Å². The van der Waals surface area contributed by atoms with Crippen molar-refractivity contribution in [2.24, 2.45) is 5.92 Å². The minimum Gasteiger partial charge on any atom is -0.492 e. The van der Waals surface area contributed by atoms with Crippen LogP contribution in [-0.2, 0) is 4.79 Å². The highest BCUT2D eigenvalue weighted by molar-refractivity contribution is 6.14. The van der Waals surface area contributed by atoms with Gasteiger partial charge in [0.05, 0.1) is 5.56 Å². The summed E-state index contributed by atoms with van der Waals surface area (Å²) in [5.41, 5.74) is 1.42. The maximum absolute atomic E-state index is 12.4. The second-order valence-corrected chi connectivity index (χ2v) is 4.54. The number of benzene rings is 1. The van der Waals surface area contributed by atoms with Gasteiger partial charge in [-0.1, -0.05) is 6.07 Å². The van der Waals surface area contributed by atoms with E-state index < -0.39 is 30.3 Å². The molecule has 0 saturated heterocycles. The maximum atomic E-state index is 12.4. The molecule has 3 nitrogen and oxygen atoms in total. The van der Waals surface area contributed by atoms with Gasteiger partial charge in [0.25, 0.3) is 5.78 Å². The molecule has 6 heteroatoms. The highest BCUT2D eigenvalue weighted by Gasteiger charge is 2.48. The molecule has 1 aliphatic rings. The van der Waals surface area contributed by atoms with Crippen LogP contribution in [0.5, 0.6) is 5.75 Å². The largest absolute Gasteiger partial charge is 0.492 e. The second kappa shape index (κ2) is 4.36. The number of hydrogen-bond donors (Lipinski definition) is 0.